The Morgan fingerprint density at radius 3 is 3.00 bits per heavy atom. The molecule has 0 bridgehead atoms. The maximum Gasteiger partial charge on any atom is 0.240 e. The van der Waals surface area contributed by atoms with E-state index in [-0.39, 0.29) is 17.4 Å². The molecule has 0 unspecified atom stereocenters. The number of nitrogens with zero attached hydrogens (tertiary/aromatic N) is 3. The summed E-state index contributed by atoms with van der Waals surface area (Å²) in [4.78, 5) is 14.7. The highest BCUT2D eigenvalue weighted by Crippen LogP contribution is 1.97. The SMILES string of the molecule is CCC(=O)c1cnnc(N)n1. The van der Waals surface area contributed by atoms with Gasteiger partial charge in [0, 0.05) is 6.42 Å². The highest BCUT2D eigenvalue weighted by molar-refractivity contribution is 5.93. The van der Waals surface area contributed by atoms with E-state index in [4.69, 9.17) is 5.73 Å². The third kappa shape index (κ3) is 1.70. The van der Waals surface area contributed by atoms with Crippen LogP contribution in [-0.2, 0) is 0 Å². The number of hydrogen-bond donors (Lipinski definition) is 1. The van der Waals surface area contributed by atoms with Crippen molar-refractivity contribution in [1.29, 1.82) is 0 Å². The van der Waals surface area contributed by atoms with E-state index < -0.39 is 0 Å². The number of rotatable bonds is 2. The van der Waals surface area contributed by atoms with Crippen molar-refractivity contribution in [3.05, 3.63) is 11.9 Å². The first-order valence-electron chi connectivity index (χ1n) is 3.22. The molecule has 0 atom stereocenters. The van der Waals surface area contributed by atoms with Gasteiger partial charge in [-0.25, -0.2) is 4.98 Å². The Morgan fingerprint density at radius 1 is 1.73 bits per heavy atom. The Hall–Kier alpha value is -1.52. The number of hydrogen-bond acceptors (Lipinski definition) is 5. The van der Waals surface area contributed by atoms with Crippen molar-refractivity contribution in [3.8, 4) is 0 Å². The van der Waals surface area contributed by atoms with Gasteiger partial charge in [-0.1, -0.05) is 6.92 Å². The number of nitrogens with two attached hydrogens (primary N) is 1. The maximum atomic E-state index is 11.0. The molecule has 1 heterocycles. The fourth-order valence-electron chi connectivity index (χ4n) is 0.633. The lowest BCUT2D eigenvalue weighted by Gasteiger charge is -1.94. The van der Waals surface area contributed by atoms with Crippen LogP contribution in [0.3, 0.4) is 0 Å². The lowest BCUT2D eigenvalue weighted by atomic mass is 10.2. The summed E-state index contributed by atoms with van der Waals surface area (Å²) in [5.74, 6) is -0.0455. The van der Waals surface area contributed by atoms with Crippen LogP contribution >= 0.6 is 0 Å². The first-order chi connectivity index (χ1) is 5.24. The molecule has 11 heavy (non-hydrogen) atoms. The first kappa shape index (κ1) is 7.59. The quantitative estimate of drug-likeness (QED) is 0.605. The summed E-state index contributed by atoms with van der Waals surface area (Å²) in [5.41, 5.74) is 5.49. The Balaban J connectivity index is 2.96. The minimum Gasteiger partial charge on any atom is -0.366 e. The van der Waals surface area contributed by atoms with Crippen molar-refractivity contribution in [2.45, 2.75) is 13.3 Å². The van der Waals surface area contributed by atoms with Gasteiger partial charge in [-0.3, -0.25) is 4.79 Å². The molecule has 0 aliphatic rings. The summed E-state index contributed by atoms with van der Waals surface area (Å²) in [5, 5.41) is 6.92. The van der Waals surface area contributed by atoms with Gasteiger partial charge in [0.2, 0.25) is 5.95 Å². The average molecular weight is 152 g/mol. The van der Waals surface area contributed by atoms with Gasteiger partial charge in [0.1, 0.15) is 5.69 Å². The van der Waals surface area contributed by atoms with Crippen LogP contribution in [0.25, 0.3) is 0 Å². The van der Waals surface area contributed by atoms with Crippen molar-refractivity contribution in [2.24, 2.45) is 0 Å². The molecule has 0 radical (unpaired) electrons. The summed E-state index contributed by atoms with van der Waals surface area (Å²) in [6, 6.07) is 0. The van der Waals surface area contributed by atoms with E-state index >= 15 is 0 Å². The number of carbonyl (C=O) groups excluding carboxylic acids is 1. The molecule has 0 aliphatic heterocycles. The molecular weight excluding hydrogens is 144 g/mol. The van der Waals surface area contributed by atoms with Crippen LogP contribution in [0, 0.1) is 0 Å². The van der Waals surface area contributed by atoms with E-state index in [9.17, 15) is 4.79 Å². The topological polar surface area (TPSA) is 81.8 Å². The van der Waals surface area contributed by atoms with Crippen LogP contribution in [0.4, 0.5) is 5.95 Å². The second kappa shape index (κ2) is 3.05. The van der Waals surface area contributed by atoms with Gasteiger partial charge in [-0.2, -0.15) is 5.10 Å². The van der Waals surface area contributed by atoms with E-state index in [1.807, 2.05) is 0 Å². The van der Waals surface area contributed by atoms with Gasteiger partial charge in [-0.15, -0.1) is 5.10 Å². The van der Waals surface area contributed by atoms with Crippen molar-refractivity contribution < 1.29 is 4.79 Å². The molecule has 0 saturated heterocycles. The highest BCUT2D eigenvalue weighted by atomic mass is 16.1. The number of Topliss-reactive ketones (excluding diaryl/α,β-unsaturated/α-hetero) is 1. The second-order valence-electron chi connectivity index (χ2n) is 1.98. The molecule has 5 heteroatoms. The Kier molecular flexibility index (Phi) is 2.10. The van der Waals surface area contributed by atoms with Crippen LogP contribution in [0.2, 0.25) is 0 Å². The predicted molar refractivity (Wildman–Crippen MR) is 38.9 cm³/mol. The summed E-state index contributed by atoms with van der Waals surface area (Å²) in [7, 11) is 0. The van der Waals surface area contributed by atoms with Crippen molar-refractivity contribution in [3.63, 3.8) is 0 Å². The molecule has 2 N–H and O–H groups in total. The smallest absolute Gasteiger partial charge is 0.240 e. The largest absolute Gasteiger partial charge is 0.366 e. The lowest BCUT2D eigenvalue weighted by molar-refractivity contribution is 0.0983. The average Bonchev–Trinajstić information content (AvgIpc) is 2.03. The van der Waals surface area contributed by atoms with Crippen LogP contribution in [0.15, 0.2) is 6.20 Å². The van der Waals surface area contributed by atoms with Crippen LogP contribution < -0.4 is 5.73 Å². The van der Waals surface area contributed by atoms with E-state index in [2.05, 4.69) is 15.2 Å². The molecule has 1 aromatic rings. The minimum absolute atomic E-state index is 0.0318. The summed E-state index contributed by atoms with van der Waals surface area (Å²) >= 11 is 0. The standard InChI is InChI=1S/C6H8N4O/c1-2-5(11)4-3-8-10-6(7)9-4/h3H,2H2,1H3,(H2,7,9,10). The van der Waals surface area contributed by atoms with Crippen molar-refractivity contribution in [1.82, 2.24) is 15.2 Å². The Labute approximate surface area is 63.7 Å². The van der Waals surface area contributed by atoms with E-state index in [0.717, 1.165) is 0 Å². The third-order valence-corrected chi connectivity index (χ3v) is 1.18. The zero-order valence-corrected chi connectivity index (χ0v) is 6.11. The molecule has 0 fully saturated rings. The Morgan fingerprint density at radius 2 is 2.45 bits per heavy atom. The number of anilines is 1. The molecular formula is C6H8N4O. The number of aromatic nitrogens is 3. The summed E-state index contributed by atoms with van der Waals surface area (Å²) in [6.07, 6.45) is 1.71. The fraction of sp³-hybridized carbons (Fsp3) is 0.333. The van der Waals surface area contributed by atoms with Gasteiger partial charge in [0.25, 0.3) is 0 Å². The zero-order chi connectivity index (χ0) is 8.27. The molecule has 0 spiro atoms. The molecule has 1 aromatic heterocycles. The summed E-state index contributed by atoms with van der Waals surface area (Å²) < 4.78 is 0. The third-order valence-electron chi connectivity index (χ3n) is 1.18. The molecule has 58 valence electrons. The molecule has 0 aliphatic carbocycles. The van der Waals surface area contributed by atoms with E-state index in [0.29, 0.717) is 6.42 Å². The van der Waals surface area contributed by atoms with Gasteiger partial charge in [-0.05, 0) is 0 Å². The van der Waals surface area contributed by atoms with Gasteiger partial charge < -0.3 is 5.73 Å². The second-order valence-corrected chi connectivity index (χ2v) is 1.98. The van der Waals surface area contributed by atoms with E-state index in [1.54, 1.807) is 6.92 Å². The first-order valence-corrected chi connectivity index (χ1v) is 3.22. The zero-order valence-electron chi connectivity index (χ0n) is 6.11. The van der Waals surface area contributed by atoms with Gasteiger partial charge >= 0.3 is 0 Å². The van der Waals surface area contributed by atoms with Crippen LogP contribution in [-0.4, -0.2) is 21.0 Å². The van der Waals surface area contributed by atoms with Crippen LogP contribution in [0.1, 0.15) is 23.8 Å². The number of nitrogen functional groups attached to an aromatic ring is 1. The molecule has 0 amide bonds. The highest BCUT2D eigenvalue weighted by Gasteiger charge is 2.04. The van der Waals surface area contributed by atoms with Crippen molar-refractivity contribution >= 4 is 11.7 Å². The Bertz CT molecular complexity index is 273. The minimum atomic E-state index is -0.0772. The molecule has 5 nitrogen and oxygen atoms in total. The van der Waals surface area contributed by atoms with Crippen molar-refractivity contribution in [2.75, 3.05) is 5.73 Å². The monoisotopic (exact) mass is 152 g/mol. The van der Waals surface area contributed by atoms with Gasteiger partial charge in [0.05, 0.1) is 6.20 Å². The van der Waals surface area contributed by atoms with Gasteiger partial charge in [0.15, 0.2) is 5.78 Å². The number of ketones is 1. The predicted octanol–water partition coefficient (Wildman–Crippen LogP) is 0.0465. The van der Waals surface area contributed by atoms with Crippen LogP contribution in [0.5, 0.6) is 0 Å². The maximum absolute atomic E-state index is 11.0. The number of carbonyl (C=O) groups is 1. The molecule has 0 aromatic carbocycles. The summed E-state index contributed by atoms with van der Waals surface area (Å²) in [6.45, 7) is 1.75. The van der Waals surface area contributed by atoms with E-state index in [1.165, 1.54) is 6.20 Å². The molecule has 0 saturated carbocycles. The normalized spacial score (nSPS) is 9.55. The lowest BCUT2D eigenvalue weighted by Crippen LogP contribution is -2.05. The molecule has 1 rings (SSSR count). The fourth-order valence-corrected chi connectivity index (χ4v) is 0.633.